The van der Waals surface area contributed by atoms with Gasteiger partial charge < -0.3 is 13.7 Å². The number of non-ortho nitro benzene ring substituents is 1. The molecule has 42 heavy (non-hydrogen) atoms. The average Bonchev–Trinajstić information content (AvgIpc) is 2.95. The van der Waals surface area contributed by atoms with Gasteiger partial charge in [0.25, 0.3) is 11.4 Å². The first-order valence-corrected chi connectivity index (χ1v) is 13.4. The molecule has 1 N–H and O–H groups in total. The topological polar surface area (TPSA) is 197 Å². The van der Waals surface area contributed by atoms with Crippen molar-refractivity contribution in [2.75, 3.05) is 0 Å². The number of rotatable bonds is 7. The van der Waals surface area contributed by atoms with Crippen LogP contribution >= 0.6 is 0 Å². The van der Waals surface area contributed by atoms with E-state index in [2.05, 4.69) is 0 Å². The number of aryl methyl sites for hydroxylation is 1. The first-order valence-electron chi connectivity index (χ1n) is 12.0. The number of benzene rings is 4. The molecule has 0 fully saturated rings. The molecule has 0 unspecified atom stereocenters. The van der Waals surface area contributed by atoms with Crippen LogP contribution in [0.1, 0.15) is 21.5 Å². The lowest BCUT2D eigenvalue weighted by Gasteiger charge is -2.19. The van der Waals surface area contributed by atoms with Gasteiger partial charge in [-0.1, -0.05) is 18.2 Å². The molecule has 0 radical (unpaired) electrons. The van der Waals surface area contributed by atoms with Crippen molar-refractivity contribution in [3.63, 3.8) is 0 Å². The number of nitrogens with zero attached hydrogens (tertiary/aromatic N) is 2. The minimum atomic E-state index is -4.89. The maximum Gasteiger partial charge on any atom is 0.346 e. The summed E-state index contributed by atoms with van der Waals surface area (Å²) in [4.78, 5) is 44.3. The number of nitro benzene ring substituents is 2. The lowest BCUT2D eigenvalue weighted by Crippen LogP contribution is -2.13. The van der Waals surface area contributed by atoms with Crippen LogP contribution in [0.5, 0.6) is 5.75 Å². The molecule has 1 aliphatic heterocycles. The zero-order chi connectivity index (χ0) is 30.5. The monoisotopic (exact) mass is 590 g/mol. The summed E-state index contributed by atoms with van der Waals surface area (Å²) in [5, 5.41) is 32.9. The third kappa shape index (κ3) is 4.58. The van der Waals surface area contributed by atoms with Crippen molar-refractivity contribution >= 4 is 38.4 Å². The molecule has 13 nitrogen and oxygen atoms in total. The molecule has 14 heteroatoms. The van der Waals surface area contributed by atoms with E-state index in [1.165, 1.54) is 44.2 Å². The third-order valence-corrected chi connectivity index (χ3v) is 7.98. The largest absolute Gasteiger partial charge is 0.478 e. The molecule has 1 aliphatic carbocycles. The molecular formula is C28H18N2O11S. The smallest absolute Gasteiger partial charge is 0.346 e. The van der Waals surface area contributed by atoms with Crippen LogP contribution in [0.3, 0.4) is 0 Å². The molecule has 0 saturated heterocycles. The molecule has 0 saturated carbocycles. The fourth-order valence-corrected chi connectivity index (χ4v) is 5.79. The van der Waals surface area contributed by atoms with E-state index in [-0.39, 0.29) is 39.2 Å². The Labute approximate surface area is 236 Å². The van der Waals surface area contributed by atoms with Gasteiger partial charge in [-0.3, -0.25) is 25.0 Å². The fraction of sp³-hybridized carbons (Fsp3) is 0.0714. The van der Waals surface area contributed by atoms with E-state index in [9.17, 15) is 43.3 Å². The molecule has 3 aromatic carbocycles. The van der Waals surface area contributed by atoms with Crippen molar-refractivity contribution in [2.45, 2.75) is 18.7 Å². The maximum atomic E-state index is 13.2. The van der Waals surface area contributed by atoms with Gasteiger partial charge in [-0.2, -0.15) is 8.42 Å². The van der Waals surface area contributed by atoms with Crippen LogP contribution in [0.2, 0.25) is 0 Å². The second-order valence-electron chi connectivity index (χ2n) is 9.16. The predicted molar refractivity (Wildman–Crippen MR) is 149 cm³/mol. The molecule has 0 spiro atoms. The van der Waals surface area contributed by atoms with E-state index >= 15 is 0 Å². The van der Waals surface area contributed by atoms with Crippen LogP contribution in [-0.4, -0.2) is 29.3 Å². The average molecular weight is 591 g/mol. The number of carboxylic acid groups (broad SMARTS) is 1. The highest BCUT2D eigenvalue weighted by molar-refractivity contribution is 7.87. The van der Waals surface area contributed by atoms with Crippen LogP contribution in [0, 0.1) is 34.1 Å². The summed E-state index contributed by atoms with van der Waals surface area (Å²) < 4.78 is 37.7. The summed E-state index contributed by atoms with van der Waals surface area (Å²) in [6, 6.07) is 13.8. The molecule has 1 heterocycles. The zero-order valence-electron chi connectivity index (χ0n) is 21.7. The van der Waals surface area contributed by atoms with Gasteiger partial charge in [0, 0.05) is 33.7 Å². The minimum absolute atomic E-state index is 0.0267. The highest BCUT2D eigenvalue weighted by atomic mass is 32.2. The lowest BCUT2D eigenvalue weighted by atomic mass is 9.89. The summed E-state index contributed by atoms with van der Waals surface area (Å²) >= 11 is 0. The quantitative estimate of drug-likeness (QED) is 0.109. The Balaban J connectivity index is 1.77. The first kappa shape index (κ1) is 27.9. The lowest BCUT2D eigenvalue weighted by molar-refractivity contribution is -0.396. The number of hydrogen-bond acceptors (Lipinski definition) is 10. The number of nitro groups is 2. The van der Waals surface area contributed by atoms with E-state index in [4.69, 9.17) is 8.60 Å². The number of carboxylic acids is 1. The van der Waals surface area contributed by atoms with Gasteiger partial charge in [-0.05, 0) is 55.8 Å². The normalized spacial score (nSPS) is 11.5. The Morgan fingerprint density at radius 2 is 1.62 bits per heavy atom. The Morgan fingerprint density at radius 3 is 2.29 bits per heavy atom. The Kier molecular flexibility index (Phi) is 6.70. The van der Waals surface area contributed by atoms with Gasteiger partial charge >= 0.3 is 16.1 Å². The van der Waals surface area contributed by atoms with E-state index in [0.29, 0.717) is 34.2 Å². The summed E-state index contributed by atoms with van der Waals surface area (Å²) in [7, 11) is -4.89. The first-order chi connectivity index (χ1) is 19.8. The van der Waals surface area contributed by atoms with Gasteiger partial charge in [-0.15, -0.1) is 0 Å². The van der Waals surface area contributed by atoms with Crippen LogP contribution in [0.15, 0.2) is 80.8 Å². The van der Waals surface area contributed by atoms with E-state index in [1.807, 2.05) is 0 Å². The van der Waals surface area contributed by atoms with E-state index in [0.717, 1.165) is 6.07 Å². The molecule has 212 valence electrons. The van der Waals surface area contributed by atoms with Crippen molar-refractivity contribution in [3.8, 4) is 28.2 Å². The molecule has 2 aliphatic rings. The molecule has 0 aromatic heterocycles. The van der Waals surface area contributed by atoms with Crippen molar-refractivity contribution in [2.24, 2.45) is 0 Å². The van der Waals surface area contributed by atoms with Crippen LogP contribution in [0.4, 0.5) is 11.4 Å². The van der Waals surface area contributed by atoms with Crippen LogP contribution in [0.25, 0.3) is 33.4 Å². The number of fused-ring (bicyclic) bond motifs is 2. The van der Waals surface area contributed by atoms with E-state index < -0.39 is 42.2 Å². The number of aromatic carboxylic acids is 1. The summed E-state index contributed by atoms with van der Waals surface area (Å²) in [6.45, 7) is 2.98. The number of carbonyl (C=O) groups is 1. The standard InChI is InChI=1S/C28H18N2O11S/c1-14-22(31)10-8-19-25(17-5-3-4-6-18(17)28(32)33)20-9-11-23(15(2)27(20)40-26(14)19)41-42(38,39)24-12-7-16(29(34)35)13-21(24)30(36)37/h3-13H,1-2H3,(H,32,33). The van der Waals surface area contributed by atoms with Crippen LogP contribution < -0.4 is 9.61 Å². The van der Waals surface area contributed by atoms with Crippen LogP contribution in [-0.2, 0) is 10.1 Å². The molecule has 0 atom stereocenters. The van der Waals surface area contributed by atoms with Crippen molar-refractivity contribution in [3.05, 3.63) is 114 Å². The minimum Gasteiger partial charge on any atom is -0.478 e. The Hall–Kier alpha value is -5.63. The molecular weight excluding hydrogens is 572 g/mol. The van der Waals surface area contributed by atoms with Crippen molar-refractivity contribution in [1.29, 1.82) is 0 Å². The van der Waals surface area contributed by atoms with Crippen molar-refractivity contribution in [1.82, 2.24) is 0 Å². The molecule has 5 rings (SSSR count). The molecule has 3 aromatic rings. The number of hydrogen-bond donors (Lipinski definition) is 1. The van der Waals surface area contributed by atoms with Gasteiger partial charge in [-0.25, -0.2) is 4.79 Å². The van der Waals surface area contributed by atoms with Gasteiger partial charge in [0.05, 0.1) is 21.5 Å². The summed E-state index contributed by atoms with van der Waals surface area (Å²) in [5.74, 6) is -1.34. The van der Waals surface area contributed by atoms with Gasteiger partial charge in [0.2, 0.25) is 0 Å². The van der Waals surface area contributed by atoms with E-state index in [1.54, 1.807) is 18.2 Å². The summed E-state index contributed by atoms with van der Waals surface area (Å²) in [5.41, 5.74) is -0.530. The molecule has 0 amide bonds. The predicted octanol–water partition coefficient (Wildman–Crippen LogP) is 5.46. The third-order valence-electron chi connectivity index (χ3n) is 6.70. The summed E-state index contributed by atoms with van der Waals surface area (Å²) in [6.07, 6.45) is 0. The Morgan fingerprint density at radius 1 is 0.905 bits per heavy atom. The SMILES string of the molecule is Cc1c2oc3c(C)c(OS(=O)(=O)c4ccc([N+](=O)[O-])cc4[N+](=O)[O-])ccc3c(-c3ccccc3C(=O)O)c-2ccc1=O. The van der Waals surface area contributed by atoms with Gasteiger partial charge in [0.1, 0.15) is 17.1 Å². The Bertz CT molecular complexity index is 2120. The fourth-order valence-electron chi connectivity index (χ4n) is 4.66. The van der Waals surface area contributed by atoms with Crippen molar-refractivity contribution < 1.29 is 36.8 Å². The second kappa shape index (κ2) is 10.1. The molecule has 0 bridgehead atoms. The zero-order valence-corrected chi connectivity index (χ0v) is 22.5. The maximum absolute atomic E-state index is 13.2. The van der Waals surface area contributed by atoms with Gasteiger partial charge in [0.15, 0.2) is 10.3 Å². The highest BCUT2D eigenvalue weighted by Crippen LogP contribution is 2.44. The highest BCUT2D eigenvalue weighted by Gasteiger charge is 2.32. The second-order valence-corrected chi connectivity index (χ2v) is 10.7.